The first-order chi connectivity index (χ1) is 3.86. The zero-order chi connectivity index (χ0) is 5.56. The van der Waals surface area contributed by atoms with E-state index in [-0.39, 0.29) is 0 Å². The Kier molecular flexibility index (Phi) is 0.884. The van der Waals surface area contributed by atoms with Gasteiger partial charge in [-0.3, -0.25) is 0 Å². The van der Waals surface area contributed by atoms with E-state index in [4.69, 9.17) is 0 Å². The van der Waals surface area contributed by atoms with Gasteiger partial charge < -0.3 is 5.32 Å². The second-order valence-corrected chi connectivity index (χ2v) is 3.29. The Morgan fingerprint density at radius 3 is 2.38 bits per heavy atom. The van der Waals surface area contributed by atoms with E-state index >= 15 is 0 Å². The standard InChI is InChI=1S/C7H13N/c1-5-7-2-6(3-7)4-8-5/h5-8H,2-4H2,1H3/t5-,6?,7?/m0/s1. The Morgan fingerprint density at radius 1 is 1.38 bits per heavy atom. The fourth-order valence-electron chi connectivity index (χ4n) is 1.88. The zero-order valence-corrected chi connectivity index (χ0v) is 5.35. The summed E-state index contributed by atoms with van der Waals surface area (Å²) >= 11 is 0. The van der Waals surface area contributed by atoms with E-state index < -0.39 is 0 Å². The summed E-state index contributed by atoms with van der Waals surface area (Å²) in [5.74, 6) is 2.09. The van der Waals surface area contributed by atoms with Crippen molar-refractivity contribution in [2.45, 2.75) is 25.8 Å². The number of hydrogen-bond acceptors (Lipinski definition) is 1. The maximum Gasteiger partial charge on any atom is 0.00673 e. The summed E-state index contributed by atoms with van der Waals surface area (Å²) in [6.07, 6.45) is 3.02. The van der Waals surface area contributed by atoms with E-state index in [9.17, 15) is 0 Å². The van der Waals surface area contributed by atoms with Gasteiger partial charge in [-0.25, -0.2) is 0 Å². The van der Waals surface area contributed by atoms with Crippen LogP contribution in [0.1, 0.15) is 19.8 Å². The number of piperidine rings is 2. The first-order valence-electron chi connectivity index (χ1n) is 3.59. The quantitative estimate of drug-likeness (QED) is 0.492. The number of hydrogen-bond donors (Lipinski definition) is 1. The predicted molar refractivity (Wildman–Crippen MR) is 33.7 cm³/mol. The molecule has 0 amide bonds. The fourth-order valence-corrected chi connectivity index (χ4v) is 1.88. The molecule has 3 aliphatic rings. The van der Waals surface area contributed by atoms with Crippen LogP contribution in [0.3, 0.4) is 0 Å². The van der Waals surface area contributed by atoms with Gasteiger partial charge in [0.05, 0.1) is 0 Å². The van der Waals surface area contributed by atoms with Crippen molar-refractivity contribution in [1.82, 2.24) is 5.32 Å². The van der Waals surface area contributed by atoms with E-state index in [0.29, 0.717) is 0 Å². The third kappa shape index (κ3) is 0.510. The van der Waals surface area contributed by atoms with Crippen molar-refractivity contribution < 1.29 is 0 Å². The number of rotatable bonds is 0. The van der Waals surface area contributed by atoms with Crippen molar-refractivity contribution in [3.05, 3.63) is 0 Å². The van der Waals surface area contributed by atoms with Crippen LogP contribution < -0.4 is 5.32 Å². The molecular formula is C7H13N. The van der Waals surface area contributed by atoms with Gasteiger partial charge in [0.15, 0.2) is 0 Å². The van der Waals surface area contributed by atoms with Crippen molar-refractivity contribution in [1.29, 1.82) is 0 Å². The second kappa shape index (κ2) is 1.47. The molecule has 1 heteroatoms. The van der Waals surface area contributed by atoms with Gasteiger partial charge in [0.25, 0.3) is 0 Å². The molecule has 1 N–H and O–H groups in total. The first-order valence-corrected chi connectivity index (χ1v) is 3.59. The van der Waals surface area contributed by atoms with Crippen LogP contribution in [-0.4, -0.2) is 12.6 Å². The highest BCUT2D eigenvalue weighted by atomic mass is 15.0. The van der Waals surface area contributed by atoms with E-state index in [1.54, 1.807) is 0 Å². The van der Waals surface area contributed by atoms with Crippen LogP contribution in [0.15, 0.2) is 0 Å². The molecule has 0 spiro atoms. The van der Waals surface area contributed by atoms with Crippen LogP contribution in [0.25, 0.3) is 0 Å². The molecule has 0 aromatic heterocycles. The summed E-state index contributed by atoms with van der Waals surface area (Å²) < 4.78 is 0. The topological polar surface area (TPSA) is 12.0 Å². The summed E-state index contributed by atoms with van der Waals surface area (Å²) in [6, 6.07) is 0.819. The molecule has 1 nitrogen and oxygen atoms in total. The molecule has 0 unspecified atom stereocenters. The van der Waals surface area contributed by atoms with Crippen molar-refractivity contribution in [2.75, 3.05) is 6.54 Å². The minimum atomic E-state index is 0.819. The molecule has 0 aromatic rings. The predicted octanol–water partition coefficient (Wildman–Crippen LogP) is 1.00. The summed E-state index contributed by atoms with van der Waals surface area (Å²) in [5.41, 5.74) is 0. The highest BCUT2D eigenvalue weighted by Crippen LogP contribution is 2.38. The largest absolute Gasteiger partial charge is 0.314 e. The molecular weight excluding hydrogens is 98.1 g/mol. The van der Waals surface area contributed by atoms with Gasteiger partial charge in [0.2, 0.25) is 0 Å². The average Bonchev–Trinajstić information content (AvgIpc) is 1.62. The van der Waals surface area contributed by atoms with Gasteiger partial charge >= 0.3 is 0 Å². The van der Waals surface area contributed by atoms with Crippen molar-refractivity contribution in [3.8, 4) is 0 Å². The molecule has 3 rings (SSSR count). The molecule has 2 saturated heterocycles. The minimum absolute atomic E-state index is 0.819. The van der Waals surface area contributed by atoms with Gasteiger partial charge in [-0.05, 0) is 38.1 Å². The molecule has 1 atom stereocenters. The van der Waals surface area contributed by atoms with E-state index in [2.05, 4.69) is 12.2 Å². The molecule has 1 aliphatic carbocycles. The molecule has 0 aromatic carbocycles. The lowest BCUT2D eigenvalue weighted by Gasteiger charge is -2.46. The van der Waals surface area contributed by atoms with Crippen LogP contribution in [0.4, 0.5) is 0 Å². The van der Waals surface area contributed by atoms with E-state index in [1.807, 2.05) is 0 Å². The Labute approximate surface area is 50.5 Å². The Bertz CT molecular complexity index is 89.1. The van der Waals surface area contributed by atoms with Gasteiger partial charge in [0.1, 0.15) is 0 Å². The molecule has 3 fully saturated rings. The van der Waals surface area contributed by atoms with Gasteiger partial charge in [-0.15, -0.1) is 0 Å². The maximum absolute atomic E-state index is 3.48. The summed E-state index contributed by atoms with van der Waals surface area (Å²) in [6.45, 7) is 3.59. The van der Waals surface area contributed by atoms with Crippen LogP contribution in [0.2, 0.25) is 0 Å². The summed E-state index contributed by atoms with van der Waals surface area (Å²) in [7, 11) is 0. The van der Waals surface area contributed by atoms with Crippen LogP contribution >= 0.6 is 0 Å². The SMILES string of the molecule is C[C@@H]1NCC2CC1C2. The van der Waals surface area contributed by atoms with Crippen molar-refractivity contribution in [2.24, 2.45) is 11.8 Å². The van der Waals surface area contributed by atoms with Crippen LogP contribution in [0.5, 0.6) is 0 Å². The van der Waals surface area contributed by atoms with Crippen molar-refractivity contribution in [3.63, 3.8) is 0 Å². The Balaban J connectivity index is 2.01. The third-order valence-electron chi connectivity index (χ3n) is 2.71. The van der Waals surface area contributed by atoms with Gasteiger partial charge in [-0.2, -0.15) is 0 Å². The third-order valence-corrected chi connectivity index (χ3v) is 2.71. The van der Waals surface area contributed by atoms with Crippen molar-refractivity contribution >= 4 is 0 Å². The fraction of sp³-hybridized carbons (Fsp3) is 1.00. The Morgan fingerprint density at radius 2 is 2.12 bits per heavy atom. The lowest BCUT2D eigenvalue weighted by Crippen LogP contribution is -2.51. The second-order valence-electron chi connectivity index (χ2n) is 3.29. The van der Waals surface area contributed by atoms with E-state index in [1.165, 1.54) is 19.4 Å². The number of nitrogens with one attached hydrogen (secondary N) is 1. The molecule has 8 heavy (non-hydrogen) atoms. The Hall–Kier alpha value is -0.0400. The zero-order valence-electron chi connectivity index (χ0n) is 5.35. The molecule has 2 bridgehead atoms. The monoisotopic (exact) mass is 111 g/mol. The molecule has 2 aliphatic heterocycles. The number of fused-ring (bicyclic) bond motifs is 2. The molecule has 1 saturated carbocycles. The maximum atomic E-state index is 3.48. The summed E-state index contributed by atoms with van der Waals surface area (Å²) in [4.78, 5) is 0. The average molecular weight is 111 g/mol. The highest BCUT2D eigenvalue weighted by molar-refractivity contribution is 4.92. The van der Waals surface area contributed by atoms with Gasteiger partial charge in [0, 0.05) is 6.04 Å². The lowest BCUT2D eigenvalue weighted by molar-refractivity contribution is 0.0918. The molecule has 2 heterocycles. The van der Waals surface area contributed by atoms with E-state index in [0.717, 1.165) is 17.9 Å². The highest BCUT2D eigenvalue weighted by Gasteiger charge is 2.37. The smallest absolute Gasteiger partial charge is 0.00673 e. The molecule has 0 radical (unpaired) electrons. The van der Waals surface area contributed by atoms with Gasteiger partial charge in [-0.1, -0.05) is 0 Å². The first kappa shape index (κ1) is 4.80. The summed E-state index contributed by atoms with van der Waals surface area (Å²) in [5, 5.41) is 3.48. The van der Waals surface area contributed by atoms with Crippen LogP contribution in [0, 0.1) is 11.8 Å². The lowest BCUT2D eigenvalue weighted by atomic mass is 9.68. The molecule has 46 valence electrons. The van der Waals surface area contributed by atoms with Crippen LogP contribution in [-0.2, 0) is 0 Å². The minimum Gasteiger partial charge on any atom is -0.314 e. The normalized spacial score (nSPS) is 52.9.